The summed E-state index contributed by atoms with van der Waals surface area (Å²) in [4.78, 5) is 16.6. The Labute approximate surface area is 222 Å². The summed E-state index contributed by atoms with van der Waals surface area (Å²) >= 11 is -2.49. The van der Waals surface area contributed by atoms with Crippen molar-refractivity contribution in [1.82, 2.24) is 4.98 Å². The number of hydrogen-bond donors (Lipinski definition) is 1. The van der Waals surface area contributed by atoms with E-state index in [2.05, 4.69) is 4.98 Å². The summed E-state index contributed by atoms with van der Waals surface area (Å²) in [6.45, 7) is 8.73. The zero-order valence-electron chi connectivity index (χ0n) is 21.5. The second kappa shape index (κ2) is 11.5. The first-order chi connectivity index (χ1) is 17.7. The van der Waals surface area contributed by atoms with Crippen LogP contribution in [-0.4, -0.2) is 31.4 Å². The van der Waals surface area contributed by atoms with E-state index in [1.165, 1.54) is 0 Å². The van der Waals surface area contributed by atoms with Crippen LogP contribution in [0.25, 0.3) is 11.1 Å². The van der Waals surface area contributed by atoms with Crippen LogP contribution in [-0.2, 0) is 27.0 Å². The molecule has 2 unspecified atom stereocenters. The van der Waals surface area contributed by atoms with Crippen LogP contribution in [0.5, 0.6) is 11.6 Å². The van der Waals surface area contributed by atoms with E-state index in [1.807, 2.05) is 0 Å². The van der Waals surface area contributed by atoms with Gasteiger partial charge in [-0.25, -0.2) is 14.0 Å². The number of alkyl halides is 3. The molecule has 0 saturated heterocycles. The van der Waals surface area contributed by atoms with Gasteiger partial charge in [-0.15, -0.1) is 0 Å². The molecule has 1 N–H and O–H groups in total. The highest BCUT2D eigenvalue weighted by atomic mass is 32.2. The molecular formula is C27H29F3N2O5S. The lowest BCUT2D eigenvalue weighted by Crippen LogP contribution is -2.48. The van der Waals surface area contributed by atoms with Crippen molar-refractivity contribution in [2.24, 2.45) is 5.92 Å². The van der Waals surface area contributed by atoms with E-state index in [-0.39, 0.29) is 11.8 Å². The molecule has 3 aromatic rings. The maximum absolute atomic E-state index is 12.9. The van der Waals surface area contributed by atoms with Crippen LogP contribution in [0.4, 0.5) is 18.9 Å². The van der Waals surface area contributed by atoms with E-state index in [9.17, 15) is 26.7 Å². The quantitative estimate of drug-likeness (QED) is 0.243. The third-order valence-corrected chi connectivity index (χ3v) is 6.07. The molecule has 3 rings (SSSR count). The van der Waals surface area contributed by atoms with Gasteiger partial charge in [-0.05, 0) is 68.1 Å². The van der Waals surface area contributed by atoms with Crippen molar-refractivity contribution in [3.05, 3.63) is 72.4 Å². The van der Waals surface area contributed by atoms with Crippen LogP contribution in [0.2, 0.25) is 0 Å². The van der Waals surface area contributed by atoms with Crippen molar-refractivity contribution in [3.63, 3.8) is 0 Å². The molecule has 38 heavy (non-hydrogen) atoms. The van der Waals surface area contributed by atoms with Gasteiger partial charge in [-0.1, -0.05) is 38.1 Å². The van der Waals surface area contributed by atoms with E-state index in [4.69, 9.17) is 9.47 Å². The number of nitrogens with zero attached hydrogens (tertiary/aromatic N) is 2. The number of hydrogen-bond acceptors (Lipinski definition) is 5. The average Bonchev–Trinajstić information content (AvgIpc) is 2.81. The lowest BCUT2D eigenvalue weighted by molar-refractivity contribution is -0.157. The third kappa shape index (κ3) is 7.55. The van der Waals surface area contributed by atoms with Gasteiger partial charge in [0.1, 0.15) is 17.4 Å². The maximum Gasteiger partial charge on any atom is 0.417 e. The number of anilines is 1. The molecule has 0 bridgehead atoms. The van der Waals surface area contributed by atoms with Gasteiger partial charge in [-0.3, -0.25) is 8.86 Å². The summed E-state index contributed by atoms with van der Waals surface area (Å²) in [6.07, 6.45) is -3.77. The molecule has 2 atom stereocenters. The van der Waals surface area contributed by atoms with Gasteiger partial charge in [0.05, 0.1) is 11.3 Å². The fourth-order valence-corrected chi connectivity index (χ4v) is 4.42. The first-order valence-corrected chi connectivity index (χ1v) is 12.8. The predicted octanol–water partition coefficient (Wildman–Crippen LogP) is 6.87. The monoisotopic (exact) mass is 550 g/mol. The smallest absolute Gasteiger partial charge is 0.417 e. The van der Waals surface area contributed by atoms with Crippen molar-refractivity contribution in [2.75, 3.05) is 4.31 Å². The highest BCUT2D eigenvalue weighted by Gasteiger charge is 2.36. The molecule has 0 spiro atoms. The molecule has 7 nitrogen and oxygen atoms in total. The van der Waals surface area contributed by atoms with E-state index >= 15 is 0 Å². The Morgan fingerprint density at radius 2 is 1.50 bits per heavy atom. The summed E-state index contributed by atoms with van der Waals surface area (Å²) in [5.41, 5.74) is 0.337. The minimum atomic E-state index is -4.47. The van der Waals surface area contributed by atoms with Crippen molar-refractivity contribution >= 4 is 22.9 Å². The highest BCUT2D eigenvalue weighted by Crippen LogP contribution is 2.32. The zero-order valence-corrected chi connectivity index (χ0v) is 22.3. The van der Waals surface area contributed by atoms with Crippen molar-refractivity contribution in [1.29, 1.82) is 0 Å². The van der Waals surface area contributed by atoms with Crippen LogP contribution in [0.1, 0.15) is 40.2 Å². The highest BCUT2D eigenvalue weighted by molar-refractivity contribution is 7.80. The van der Waals surface area contributed by atoms with E-state index < -0.39 is 40.6 Å². The van der Waals surface area contributed by atoms with Gasteiger partial charge >= 0.3 is 12.1 Å². The number of carbonyl (C=O) groups is 1. The minimum Gasteiger partial charge on any atom is -0.458 e. The molecule has 0 aliphatic heterocycles. The summed E-state index contributed by atoms with van der Waals surface area (Å²) in [7, 11) is 0. The Morgan fingerprint density at radius 3 is 1.92 bits per heavy atom. The molecule has 1 aromatic heterocycles. The van der Waals surface area contributed by atoms with Crippen LogP contribution < -0.4 is 9.04 Å². The van der Waals surface area contributed by atoms with Crippen LogP contribution in [0.15, 0.2) is 66.9 Å². The van der Waals surface area contributed by atoms with E-state index in [0.29, 0.717) is 17.6 Å². The number of carbonyl (C=O) groups excluding carboxylic acids is 1. The fraction of sp³-hybridized carbons (Fsp3) is 0.333. The molecule has 0 amide bonds. The summed E-state index contributed by atoms with van der Waals surface area (Å²) in [5.74, 6) is -0.502. The molecule has 0 radical (unpaired) electrons. The van der Waals surface area contributed by atoms with Gasteiger partial charge < -0.3 is 9.47 Å². The lowest BCUT2D eigenvalue weighted by Gasteiger charge is -2.33. The van der Waals surface area contributed by atoms with Gasteiger partial charge in [0.15, 0.2) is 0 Å². The normalized spacial score (nSPS) is 13.6. The summed E-state index contributed by atoms with van der Waals surface area (Å²) in [5, 5.41) is 0. The average molecular weight is 551 g/mol. The van der Waals surface area contributed by atoms with Gasteiger partial charge in [0.25, 0.3) is 11.3 Å². The van der Waals surface area contributed by atoms with Crippen molar-refractivity contribution < 1.29 is 36.2 Å². The molecule has 204 valence electrons. The molecule has 11 heteroatoms. The Morgan fingerprint density at radius 1 is 0.947 bits per heavy atom. The maximum atomic E-state index is 12.9. The number of esters is 1. The third-order valence-electron chi connectivity index (χ3n) is 5.30. The molecule has 2 aromatic carbocycles. The predicted molar refractivity (Wildman–Crippen MR) is 139 cm³/mol. The summed E-state index contributed by atoms with van der Waals surface area (Å²) < 4.78 is 72.6. The number of halogens is 3. The molecule has 0 saturated carbocycles. The van der Waals surface area contributed by atoms with Gasteiger partial charge in [0, 0.05) is 12.3 Å². The number of ether oxygens (including phenoxy) is 2. The van der Waals surface area contributed by atoms with Crippen LogP contribution in [0, 0.1) is 5.92 Å². The number of pyridine rings is 1. The lowest BCUT2D eigenvalue weighted by atomic mass is 10.0. The van der Waals surface area contributed by atoms with E-state index in [0.717, 1.165) is 27.6 Å². The standard InChI is InChI=1S/C27H29F3N2O5S/c1-17(2)24(25(33)37-26(3,4)5)32(38(34)35)21-11-6-18(7-12-21)19-8-13-22(14-9-19)36-23-15-10-20(16-31-23)27(28,29)30/h6-17,24H,1-5H3,(H,34,35). The summed E-state index contributed by atoms with van der Waals surface area (Å²) in [6, 6.07) is 14.6. The van der Waals surface area contributed by atoms with Gasteiger partial charge in [-0.2, -0.15) is 13.2 Å². The Kier molecular flexibility index (Phi) is 8.83. The Hall–Kier alpha value is -3.44. The number of aromatic nitrogens is 1. The van der Waals surface area contributed by atoms with Crippen molar-refractivity contribution in [2.45, 2.75) is 52.4 Å². The van der Waals surface area contributed by atoms with Crippen LogP contribution in [0.3, 0.4) is 0 Å². The molecule has 1 heterocycles. The zero-order chi connectivity index (χ0) is 28.3. The fourth-order valence-electron chi connectivity index (χ4n) is 3.59. The second-order valence-electron chi connectivity index (χ2n) is 9.84. The molecular weight excluding hydrogens is 521 g/mol. The molecule has 0 aliphatic carbocycles. The SMILES string of the molecule is CC(C)C(C(=O)OC(C)(C)C)N(c1ccc(-c2ccc(Oc3ccc(C(F)(F)F)cn3)cc2)cc1)S(=O)O. The first-order valence-electron chi connectivity index (χ1n) is 11.7. The Balaban J connectivity index is 1.77. The van der Waals surface area contributed by atoms with Crippen molar-refractivity contribution in [3.8, 4) is 22.8 Å². The van der Waals surface area contributed by atoms with Crippen LogP contribution >= 0.6 is 0 Å². The van der Waals surface area contributed by atoms with Gasteiger partial charge in [0.2, 0.25) is 5.88 Å². The Bertz CT molecular complexity index is 1260. The largest absolute Gasteiger partial charge is 0.458 e. The topological polar surface area (TPSA) is 89.0 Å². The van der Waals surface area contributed by atoms with E-state index in [1.54, 1.807) is 83.1 Å². The minimum absolute atomic E-state index is 0.0249. The second-order valence-corrected chi connectivity index (χ2v) is 10.7. The molecule has 0 fully saturated rings. The molecule has 0 aliphatic rings. The number of rotatable bonds is 8. The number of benzene rings is 2. The first kappa shape index (κ1) is 29.1.